The minimum atomic E-state index is 0.283. The Morgan fingerprint density at radius 3 is 2.29 bits per heavy atom. The Morgan fingerprint density at radius 2 is 1.65 bits per heavy atom. The fourth-order valence-corrected chi connectivity index (χ4v) is 3.08. The summed E-state index contributed by atoms with van der Waals surface area (Å²) < 4.78 is 0. The lowest BCUT2D eigenvalue weighted by molar-refractivity contribution is 0.293. The summed E-state index contributed by atoms with van der Waals surface area (Å²) in [6, 6.07) is 0. The van der Waals surface area contributed by atoms with Crippen LogP contribution >= 0.6 is 11.8 Å². The summed E-state index contributed by atoms with van der Waals surface area (Å²) in [6.45, 7) is 11.8. The predicted octanol–water partition coefficient (Wildman–Crippen LogP) is 2.98. The molecule has 17 heavy (non-hydrogen) atoms. The maximum absolute atomic E-state index is 3.55. The molecule has 1 N–H and O–H groups in total. The molecule has 1 aliphatic heterocycles. The van der Waals surface area contributed by atoms with E-state index in [0.717, 1.165) is 0 Å². The van der Waals surface area contributed by atoms with Gasteiger partial charge in [0.25, 0.3) is 0 Å². The summed E-state index contributed by atoms with van der Waals surface area (Å²) in [5.74, 6) is 2.69. The van der Waals surface area contributed by atoms with Crippen LogP contribution in [0.5, 0.6) is 0 Å². The molecule has 0 bridgehead atoms. The molecule has 2 nitrogen and oxygen atoms in total. The molecule has 0 aromatic heterocycles. The Kier molecular flexibility index (Phi) is 7.56. The molecule has 0 spiro atoms. The average Bonchev–Trinajstić information content (AvgIpc) is 2.28. The van der Waals surface area contributed by atoms with Gasteiger partial charge in [0.2, 0.25) is 0 Å². The molecule has 0 aromatic rings. The van der Waals surface area contributed by atoms with E-state index in [1.54, 1.807) is 0 Å². The van der Waals surface area contributed by atoms with Crippen molar-refractivity contribution in [1.29, 1.82) is 0 Å². The first-order valence-corrected chi connectivity index (χ1v) is 8.28. The molecule has 0 unspecified atom stereocenters. The van der Waals surface area contributed by atoms with Gasteiger partial charge in [0.15, 0.2) is 0 Å². The first-order valence-electron chi connectivity index (χ1n) is 7.13. The van der Waals surface area contributed by atoms with Crippen LogP contribution in [0.1, 0.15) is 46.5 Å². The largest absolute Gasteiger partial charge is 0.312 e. The van der Waals surface area contributed by atoms with Crippen molar-refractivity contribution in [2.45, 2.75) is 52.0 Å². The third kappa shape index (κ3) is 8.92. The molecule has 1 aliphatic rings. The lowest BCUT2D eigenvalue weighted by Gasteiger charge is -2.26. The van der Waals surface area contributed by atoms with Crippen molar-refractivity contribution < 1.29 is 0 Å². The molecule has 0 amide bonds. The van der Waals surface area contributed by atoms with Gasteiger partial charge < -0.3 is 10.2 Å². The smallest absolute Gasteiger partial charge is 0.00965 e. The van der Waals surface area contributed by atoms with Crippen LogP contribution in [0.2, 0.25) is 0 Å². The van der Waals surface area contributed by atoms with Crippen molar-refractivity contribution in [3.63, 3.8) is 0 Å². The number of nitrogens with one attached hydrogen (secondary N) is 1. The van der Waals surface area contributed by atoms with Crippen LogP contribution in [0.4, 0.5) is 0 Å². The molecule has 1 rings (SSSR count). The molecule has 0 atom stereocenters. The monoisotopic (exact) mass is 258 g/mol. The van der Waals surface area contributed by atoms with Gasteiger partial charge in [-0.25, -0.2) is 0 Å². The summed E-state index contributed by atoms with van der Waals surface area (Å²) in [4.78, 5) is 2.63. The topological polar surface area (TPSA) is 15.3 Å². The minimum Gasteiger partial charge on any atom is -0.312 e. The highest BCUT2D eigenvalue weighted by Crippen LogP contribution is 2.10. The quantitative estimate of drug-likeness (QED) is 0.707. The van der Waals surface area contributed by atoms with Crippen molar-refractivity contribution in [3.05, 3.63) is 0 Å². The van der Waals surface area contributed by atoms with Gasteiger partial charge in [-0.15, -0.1) is 0 Å². The zero-order chi connectivity index (χ0) is 12.6. The van der Waals surface area contributed by atoms with Crippen molar-refractivity contribution in [1.82, 2.24) is 10.2 Å². The molecule has 0 aliphatic carbocycles. The zero-order valence-corrected chi connectivity index (χ0v) is 12.7. The van der Waals surface area contributed by atoms with Gasteiger partial charge in [-0.2, -0.15) is 11.8 Å². The normalized spacial score (nSPS) is 18.5. The highest BCUT2D eigenvalue weighted by Gasteiger charge is 2.09. The van der Waals surface area contributed by atoms with E-state index in [1.807, 2.05) is 0 Å². The van der Waals surface area contributed by atoms with Crippen LogP contribution in [-0.4, -0.2) is 48.1 Å². The van der Waals surface area contributed by atoms with Crippen LogP contribution < -0.4 is 5.32 Å². The van der Waals surface area contributed by atoms with E-state index in [-0.39, 0.29) is 5.54 Å². The van der Waals surface area contributed by atoms with Gasteiger partial charge in [0.05, 0.1) is 0 Å². The molecule has 0 saturated carbocycles. The molecule has 3 heteroatoms. The van der Waals surface area contributed by atoms with E-state index < -0.39 is 0 Å². The van der Waals surface area contributed by atoms with Gasteiger partial charge >= 0.3 is 0 Å². The standard InChI is InChI=1S/C14H30N2S/c1-14(2,3)15-8-6-4-5-7-9-16-10-12-17-13-11-16/h15H,4-13H2,1-3H3. The SMILES string of the molecule is CC(C)(C)NCCCCCCN1CCSCC1. The van der Waals surface area contributed by atoms with Crippen LogP contribution in [0.15, 0.2) is 0 Å². The third-order valence-electron chi connectivity index (χ3n) is 3.16. The third-order valence-corrected chi connectivity index (χ3v) is 4.10. The Hall–Kier alpha value is 0.270. The van der Waals surface area contributed by atoms with E-state index in [9.17, 15) is 0 Å². The number of rotatable bonds is 7. The number of hydrogen-bond acceptors (Lipinski definition) is 3. The van der Waals surface area contributed by atoms with E-state index in [4.69, 9.17) is 0 Å². The van der Waals surface area contributed by atoms with Crippen LogP contribution in [0.25, 0.3) is 0 Å². The highest BCUT2D eigenvalue weighted by molar-refractivity contribution is 7.99. The maximum Gasteiger partial charge on any atom is 0.00965 e. The summed E-state index contributed by atoms with van der Waals surface area (Å²) in [5.41, 5.74) is 0.283. The molecule has 102 valence electrons. The second-order valence-electron chi connectivity index (χ2n) is 6.05. The van der Waals surface area contributed by atoms with Gasteiger partial charge in [-0.1, -0.05) is 12.8 Å². The van der Waals surface area contributed by atoms with Gasteiger partial charge in [0, 0.05) is 30.1 Å². The molecule has 0 radical (unpaired) electrons. The number of unbranched alkanes of at least 4 members (excludes halogenated alkanes) is 3. The maximum atomic E-state index is 3.55. The molecular formula is C14H30N2S. The van der Waals surface area contributed by atoms with Crippen LogP contribution in [-0.2, 0) is 0 Å². The molecular weight excluding hydrogens is 228 g/mol. The zero-order valence-electron chi connectivity index (χ0n) is 11.9. The Balaban J connectivity index is 1.84. The second kappa shape index (κ2) is 8.39. The van der Waals surface area contributed by atoms with Crippen molar-refractivity contribution in [2.75, 3.05) is 37.7 Å². The van der Waals surface area contributed by atoms with Crippen molar-refractivity contribution in [2.24, 2.45) is 0 Å². The van der Waals surface area contributed by atoms with Gasteiger partial charge in [0.1, 0.15) is 0 Å². The Labute approximate surface area is 112 Å². The number of nitrogens with zero attached hydrogens (tertiary/aromatic N) is 1. The predicted molar refractivity (Wildman–Crippen MR) is 80.0 cm³/mol. The Bertz CT molecular complexity index is 183. The summed E-state index contributed by atoms with van der Waals surface area (Å²) in [6.07, 6.45) is 5.49. The lowest BCUT2D eigenvalue weighted by atomic mass is 10.1. The first-order chi connectivity index (χ1) is 8.08. The van der Waals surface area contributed by atoms with E-state index in [2.05, 4.69) is 42.7 Å². The molecule has 0 aromatic carbocycles. The van der Waals surface area contributed by atoms with Crippen LogP contribution in [0, 0.1) is 0 Å². The molecule has 1 saturated heterocycles. The number of hydrogen-bond donors (Lipinski definition) is 1. The second-order valence-corrected chi connectivity index (χ2v) is 7.27. The lowest BCUT2D eigenvalue weighted by Crippen LogP contribution is -2.36. The fraction of sp³-hybridized carbons (Fsp3) is 1.00. The van der Waals surface area contributed by atoms with Gasteiger partial charge in [-0.3, -0.25) is 0 Å². The number of thioether (sulfide) groups is 1. The van der Waals surface area contributed by atoms with Crippen LogP contribution in [0.3, 0.4) is 0 Å². The average molecular weight is 258 g/mol. The van der Waals surface area contributed by atoms with Crippen molar-refractivity contribution >= 4 is 11.8 Å². The summed E-state index contributed by atoms with van der Waals surface area (Å²) >= 11 is 2.10. The van der Waals surface area contributed by atoms with Gasteiger partial charge in [-0.05, 0) is 46.7 Å². The van der Waals surface area contributed by atoms with E-state index >= 15 is 0 Å². The summed E-state index contributed by atoms with van der Waals surface area (Å²) in [5, 5.41) is 3.55. The van der Waals surface area contributed by atoms with E-state index in [1.165, 1.54) is 63.4 Å². The summed E-state index contributed by atoms with van der Waals surface area (Å²) in [7, 11) is 0. The Morgan fingerprint density at radius 1 is 1.00 bits per heavy atom. The first kappa shape index (κ1) is 15.3. The minimum absolute atomic E-state index is 0.283. The van der Waals surface area contributed by atoms with E-state index in [0.29, 0.717) is 0 Å². The van der Waals surface area contributed by atoms with Crippen molar-refractivity contribution in [3.8, 4) is 0 Å². The molecule has 1 heterocycles. The fourth-order valence-electron chi connectivity index (χ4n) is 2.10. The highest BCUT2D eigenvalue weighted by atomic mass is 32.2. The molecule has 1 fully saturated rings.